The highest BCUT2D eigenvalue weighted by Crippen LogP contribution is 2.20. The van der Waals surface area contributed by atoms with E-state index in [1.165, 1.54) is 23.4 Å². The van der Waals surface area contributed by atoms with Crippen LogP contribution in [0.4, 0.5) is 0 Å². The third-order valence-electron chi connectivity index (χ3n) is 5.89. The monoisotopic (exact) mass is 485 g/mol. The molecule has 0 aliphatic carbocycles. The minimum atomic E-state index is -3.78. The van der Waals surface area contributed by atoms with Crippen molar-refractivity contribution in [1.29, 1.82) is 0 Å². The second-order valence-corrected chi connectivity index (χ2v) is 10.7. The van der Waals surface area contributed by atoms with Crippen LogP contribution >= 0.6 is 0 Å². The number of carbonyl (C=O) groups excluding carboxylic acids is 3. The zero-order valence-electron chi connectivity index (χ0n) is 19.7. The van der Waals surface area contributed by atoms with Crippen molar-refractivity contribution in [2.45, 2.75) is 38.1 Å². The molecular weight excluding hydrogens is 454 g/mol. The summed E-state index contributed by atoms with van der Waals surface area (Å²) >= 11 is 0. The first kappa shape index (κ1) is 25.6. The molecule has 1 heterocycles. The minimum Gasteiger partial charge on any atom is -0.344 e. The van der Waals surface area contributed by atoms with Gasteiger partial charge in [-0.05, 0) is 30.5 Å². The van der Waals surface area contributed by atoms with Gasteiger partial charge in [-0.25, -0.2) is 8.42 Å². The van der Waals surface area contributed by atoms with Crippen molar-refractivity contribution < 1.29 is 22.8 Å². The lowest BCUT2D eigenvalue weighted by atomic mass is 10.0. The second kappa shape index (κ2) is 10.9. The van der Waals surface area contributed by atoms with Gasteiger partial charge < -0.3 is 10.2 Å². The zero-order valence-corrected chi connectivity index (χ0v) is 20.5. The Labute approximate surface area is 201 Å². The van der Waals surface area contributed by atoms with Gasteiger partial charge in [0.25, 0.3) is 0 Å². The Morgan fingerprint density at radius 1 is 0.941 bits per heavy atom. The summed E-state index contributed by atoms with van der Waals surface area (Å²) in [6.07, 6.45) is 0.183. The SMILES string of the molecule is CC(=O)c1cccc(S(=O)(=O)N2CCN(C(=O)[C@@H](NC(=O)Cc3ccccc3)C(C)C)CC2)c1. The molecule has 0 spiro atoms. The van der Waals surface area contributed by atoms with Crippen molar-refractivity contribution in [3.05, 3.63) is 65.7 Å². The van der Waals surface area contributed by atoms with Gasteiger partial charge in [0.2, 0.25) is 21.8 Å². The molecule has 0 aromatic heterocycles. The highest BCUT2D eigenvalue weighted by atomic mass is 32.2. The number of Topliss-reactive ketones (excluding diaryl/α,β-unsaturated/α-hetero) is 1. The molecule has 0 bridgehead atoms. The fourth-order valence-corrected chi connectivity index (χ4v) is 5.36. The van der Waals surface area contributed by atoms with Gasteiger partial charge in [-0.3, -0.25) is 14.4 Å². The van der Waals surface area contributed by atoms with Crippen molar-refractivity contribution in [3.63, 3.8) is 0 Å². The Morgan fingerprint density at radius 2 is 1.59 bits per heavy atom. The van der Waals surface area contributed by atoms with Gasteiger partial charge in [-0.15, -0.1) is 0 Å². The first-order valence-corrected chi connectivity index (χ1v) is 12.8. The summed E-state index contributed by atoms with van der Waals surface area (Å²) < 4.78 is 27.4. The minimum absolute atomic E-state index is 0.0632. The molecule has 2 amide bonds. The Morgan fingerprint density at radius 3 is 2.18 bits per heavy atom. The van der Waals surface area contributed by atoms with Crippen molar-refractivity contribution in [2.75, 3.05) is 26.2 Å². The summed E-state index contributed by atoms with van der Waals surface area (Å²) in [5, 5.41) is 2.85. The molecule has 2 aromatic carbocycles. The summed E-state index contributed by atoms with van der Waals surface area (Å²) in [5.41, 5.74) is 1.20. The van der Waals surface area contributed by atoms with Gasteiger partial charge in [0.05, 0.1) is 11.3 Å². The van der Waals surface area contributed by atoms with Crippen LogP contribution in [0.2, 0.25) is 0 Å². The van der Waals surface area contributed by atoms with Gasteiger partial charge in [0.1, 0.15) is 6.04 Å². The molecule has 1 N–H and O–H groups in total. The summed E-state index contributed by atoms with van der Waals surface area (Å²) in [6, 6.07) is 14.6. The lowest BCUT2D eigenvalue weighted by Crippen LogP contribution is -2.57. The first-order chi connectivity index (χ1) is 16.1. The van der Waals surface area contributed by atoms with E-state index < -0.39 is 16.1 Å². The molecule has 1 atom stereocenters. The number of nitrogens with one attached hydrogen (secondary N) is 1. The van der Waals surface area contributed by atoms with E-state index in [2.05, 4.69) is 5.32 Å². The molecule has 9 heteroatoms. The third-order valence-corrected chi connectivity index (χ3v) is 7.78. The van der Waals surface area contributed by atoms with E-state index in [-0.39, 0.29) is 61.0 Å². The number of piperazine rings is 1. The van der Waals surface area contributed by atoms with Crippen LogP contribution in [-0.2, 0) is 26.0 Å². The summed E-state index contributed by atoms with van der Waals surface area (Å²) in [6.45, 7) is 5.86. The normalized spacial score (nSPS) is 15.7. The summed E-state index contributed by atoms with van der Waals surface area (Å²) in [7, 11) is -3.78. The predicted octanol–water partition coefficient (Wildman–Crippen LogP) is 2.11. The average molecular weight is 486 g/mol. The molecular formula is C25H31N3O5S. The largest absolute Gasteiger partial charge is 0.344 e. The number of sulfonamides is 1. The fraction of sp³-hybridized carbons (Fsp3) is 0.400. The predicted molar refractivity (Wildman–Crippen MR) is 129 cm³/mol. The first-order valence-electron chi connectivity index (χ1n) is 11.3. The molecule has 1 aliphatic rings. The lowest BCUT2D eigenvalue weighted by molar-refractivity contribution is -0.138. The van der Waals surface area contributed by atoms with Crippen LogP contribution in [0.3, 0.4) is 0 Å². The number of benzene rings is 2. The third kappa shape index (κ3) is 6.09. The molecule has 1 saturated heterocycles. The zero-order chi connectivity index (χ0) is 24.9. The lowest BCUT2D eigenvalue weighted by Gasteiger charge is -2.36. The average Bonchev–Trinajstić information content (AvgIpc) is 2.82. The molecule has 1 aliphatic heterocycles. The van der Waals surface area contributed by atoms with Crippen LogP contribution in [0.5, 0.6) is 0 Å². The van der Waals surface area contributed by atoms with Crippen LogP contribution in [0, 0.1) is 5.92 Å². The maximum absolute atomic E-state index is 13.2. The van der Waals surface area contributed by atoms with Gasteiger partial charge in [0, 0.05) is 31.7 Å². The Balaban J connectivity index is 1.63. The number of hydrogen-bond donors (Lipinski definition) is 1. The van der Waals surface area contributed by atoms with E-state index in [0.29, 0.717) is 5.56 Å². The topological polar surface area (TPSA) is 104 Å². The number of carbonyl (C=O) groups is 3. The van der Waals surface area contributed by atoms with Crippen molar-refractivity contribution in [3.8, 4) is 0 Å². The molecule has 8 nitrogen and oxygen atoms in total. The van der Waals surface area contributed by atoms with Crippen LogP contribution in [-0.4, -0.2) is 67.4 Å². The standard InChI is InChI=1S/C25H31N3O5S/c1-18(2)24(26-23(30)16-20-8-5-4-6-9-20)25(31)27-12-14-28(15-13-27)34(32,33)22-11-7-10-21(17-22)19(3)29/h4-11,17-18,24H,12-16H2,1-3H3,(H,26,30)/t24-/m0/s1. The van der Waals surface area contributed by atoms with E-state index in [0.717, 1.165) is 5.56 Å². The van der Waals surface area contributed by atoms with Crippen molar-refractivity contribution >= 4 is 27.6 Å². The van der Waals surface area contributed by atoms with Crippen LogP contribution < -0.4 is 5.32 Å². The van der Waals surface area contributed by atoms with Gasteiger partial charge in [-0.2, -0.15) is 4.31 Å². The molecule has 0 radical (unpaired) electrons. The number of nitrogens with zero attached hydrogens (tertiary/aromatic N) is 2. The smallest absolute Gasteiger partial charge is 0.245 e. The number of amides is 2. The Kier molecular flexibility index (Phi) is 8.22. The van der Waals surface area contributed by atoms with Crippen LogP contribution in [0.25, 0.3) is 0 Å². The van der Waals surface area contributed by atoms with Gasteiger partial charge in [0.15, 0.2) is 5.78 Å². The number of rotatable bonds is 8. The van der Waals surface area contributed by atoms with Gasteiger partial charge >= 0.3 is 0 Å². The van der Waals surface area contributed by atoms with Crippen molar-refractivity contribution in [2.24, 2.45) is 5.92 Å². The quantitative estimate of drug-likeness (QED) is 0.577. The fourth-order valence-electron chi connectivity index (χ4n) is 3.89. The molecule has 1 fully saturated rings. The number of ketones is 1. The summed E-state index contributed by atoms with van der Waals surface area (Å²) in [5.74, 6) is -0.776. The molecule has 3 rings (SSSR count). The Hall–Kier alpha value is -3.04. The summed E-state index contributed by atoms with van der Waals surface area (Å²) in [4.78, 5) is 39.0. The number of hydrogen-bond acceptors (Lipinski definition) is 5. The molecule has 182 valence electrons. The highest BCUT2D eigenvalue weighted by Gasteiger charge is 2.34. The Bertz CT molecular complexity index is 1140. The van der Waals surface area contributed by atoms with E-state index in [1.54, 1.807) is 17.0 Å². The van der Waals surface area contributed by atoms with E-state index >= 15 is 0 Å². The highest BCUT2D eigenvalue weighted by molar-refractivity contribution is 7.89. The molecule has 0 saturated carbocycles. The van der Waals surface area contributed by atoms with Gasteiger partial charge in [-0.1, -0.05) is 56.3 Å². The molecule has 2 aromatic rings. The van der Waals surface area contributed by atoms with E-state index in [9.17, 15) is 22.8 Å². The maximum Gasteiger partial charge on any atom is 0.245 e. The maximum atomic E-state index is 13.2. The second-order valence-electron chi connectivity index (χ2n) is 8.76. The van der Waals surface area contributed by atoms with Crippen LogP contribution in [0.15, 0.2) is 59.5 Å². The van der Waals surface area contributed by atoms with E-state index in [4.69, 9.17) is 0 Å². The van der Waals surface area contributed by atoms with Crippen molar-refractivity contribution in [1.82, 2.24) is 14.5 Å². The molecule has 34 heavy (non-hydrogen) atoms. The van der Waals surface area contributed by atoms with Crippen LogP contribution in [0.1, 0.15) is 36.7 Å². The molecule has 0 unspecified atom stereocenters. The van der Waals surface area contributed by atoms with E-state index in [1.807, 2.05) is 44.2 Å².